The van der Waals surface area contributed by atoms with Gasteiger partial charge in [-0.15, -0.1) is 0 Å². The average molecular weight is 1030 g/mol. The number of amides is 9. The van der Waals surface area contributed by atoms with Gasteiger partial charge in [-0.1, -0.05) is 51.1 Å². The lowest BCUT2D eigenvalue weighted by atomic mass is 10.0. The van der Waals surface area contributed by atoms with Crippen LogP contribution in [0.5, 0.6) is 0 Å². The topological polar surface area (TPSA) is 333 Å². The van der Waals surface area contributed by atoms with Crippen molar-refractivity contribution < 1.29 is 62.2 Å². The highest BCUT2D eigenvalue weighted by atomic mass is 16.6. The molecule has 412 valence electrons. The van der Waals surface area contributed by atoms with Gasteiger partial charge in [0.1, 0.15) is 47.3 Å². The highest BCUT2D eigenvalue weighted by Crippen LogP contribution is 2.11. The third-order valence-electron chi connectivity index (χ3n) is 9.99. The van der Waals surface area contributed by atoms with E-state index in [1.807, 2.05) is 19.9 Å². The fraction of sp³-hybridized carbons (Fsp3) is 0.680. The van der Waals surface area contributed by atoms with Gasteiger partial charge in [-0.3, -0.25) is 28.8 Å². The van der Waals surface area contributed by atoms with E-state index in [0.717, 1.165) is 5.56 Å². The molecule has 1 aromatic rings. The van der Waals surface area contributed by atoms with E-state index in [2.05, 4.69) is 47.9 Å². The van der Waals surface area contributed by atoms with Crippen LogP contribution < -0.4 is 53.6 Å². The Morgan fingerprint density at radius 1 is 0.548 bits per heavy atom. The molecule has 0 aromatic heterocycles. The van der Waals surface area contributed by atoms with Crippen LogP contribution in [0.3, 0.4) is 0 Å². The van der Waals surface area contributed by atoms with Crippen molar-refractivity contribution in [2.75, 3.05) is 26.2 Å². The van der Waals surface area contributed by atoms with Gasteiger partial charge < -0.3 is 72.6 Å². The first kappa shape index (κ1) is 64.5. The first-order chi connectivity index (χ1) is 33.9. The lowest BCUT2D eigenvalue weighted by Crippen LogP contribution is -2.58. The zero-order valence-electron chi connectivity index (χ0n) is 44.9. The summed E-state index contributed by atoms with van der Waals surface area (Å²) in [6, 6.07) is 2.18. The minimum Gasteiger partial charge on any atom is -0.444 e. The molecule has 11 N–H and O–H groups in total. The molecule has 0 spiro atoms. The summed E-state index contributed by atoms with van der Waals surface area (Å²) >= 11 is 0. The van der Waals surface area contributed by atoms with Crippen molar-refractivity contribution in [3.63, 3.8) is 0 Å². The molecular formula is C50H84N10O13. The van der Waals surface area contributed by atoms with Gasteiger partial charge in [-0.25, -0.2) is 14.4 Å². The van der Waals surface area contributed by atoms with E-state index in [1.54, 1.807) is 93.5 Å². The smallest absolute Gasteiger partial charge is 0.407 e. The maximum atomic E-state index is 13.9. The molecule has 0 saturated heterocycles. The van der Waals surface area contributed by atoms with Crippen LogP contribution in [0.2, 0.25) is 0 Å². The van der Waals surface area contributed by atoms with Crippen LogP contribution in [-0.4, -0.2) is 139 Å². The summed E-state index contributed by atoms with van der Waals surface area (Å²) < 4.78 is 15.8. The van der Waals surface area contributed by atoms with Gasteiger partial charge in [0.25, 0.3) is 0 Å². The molecule has 0 bridgehead atoms. The molecule has 0 aliphatic heterocycles. The summed E-state index contributed by atoms with van der Waals surface area (Å²) in [6.07, 6.45) is -1.49. The summed E-state index contributed by atoms with van der Waals surface area (Å²) in [5, 5.41) is 23.5. The van der Waals surface area contributed by atoms with Crippen LogP contribution in [0.15, 0.2) is 30.3 Å². The summed E-state index contributed by atoms with van der Waals surface area (Å²) in [6.45, 7) is 20.1. The second-order valence-electron chi connectivity index (χ2n) is 20.9. The Morgan fingerprint density at radius 3 is 1.37 bits per heavy atom. The van der Waals surface area contributed by atoms with Crippen molar-refractivity contribution in [3.05, 3.63) is 35.9 Å². The highest BCUT2D eigenvalue weighted by Gasteiger charge is 2.31. The van der Waals surface area contributed by atoms with E-state index in [1.165, 1.54) is 0 Å². The van der Waals surface area contributed by atoms with Gasteiger partial charge >= 0.3 is 18.3 Å². The number of ether oxygens (including phenoxy) is 3. The highest BCUT2D eigenvalue weighted by molar-refractivity contribution is 5.95. The van der Waals surface area contributed by atoms with Crippen LogP contribution >= 0.6 is 0 Å². The molecule has 1 rings (SSSR count). The first-order valence-electron chi connectivity index (χ1n) is 24.9. The Balaban J connectivity index is 3.14. The number of alkyl carbamates (subject to hydrolysis) is 3. The molecule has 73 heavy (non-hydrogen) atoms. The number of carbonyl (C=O) groups excluding carboxylic acids is 10. The normalized spacial score (nSPS) is 14.0. The predicted molar refractivity (Wildman–Crippen MR) is 272 cm³/mol. The fourth-order valence-corrected chi connectivity index (χ4v) is 6.63. The van der Waals surface area contributed by atoms with E-state index in [-0.39, 0.29) is 77.0 Å². The number of hydrogen-bond donors (Lipinski definition) is 10. The Bertz CT molecular complexity index is 1970. The summed E-state index contributed by atoms with van der Waals surface area (Å²) in [4.78, 5) is 130. The molecule has 9 amide bonds. The molecule has 23 heteroatoms. The van der Waals surface area contributed by atoms with Gasteiger partial charge in [-0.2, -0.15) is 0 Å². The molecule has 23 nitrogen and oxygen atoms in total. The molecule has 0 heterocycles. The van der Waals surface area contributed by atoms with Gasteiger partial charge in [0.15, 0.2) is 0 Å². The molecular weight excluding hydrogens is 949 g/mol. The quantitative estimate of drug-likeness (QED) is 0.0313. The Hall–Kier alpha value is -6.52. The Labute approximate surface area is 430 Å². The van der Waals surface area contributed by atoms with Crippen molar-refractivity contribution in [2.45, 2.75) is 188 Å². The molecule has 0 aliphatic rings. The predicted octanol–water partition coefficient (Wildman–Crippen LogP) is 2.28. The molecule has 0 aliphatic carbocycles. The van der Waals surface area contributed by atoms with Crippen LogP contribution in [0.4, 0.5) is 14.4 Å². The molecule has 0 saturated carbocycles. The maximum absolute atomic E-state index is 13.9. The van der Waals surface area contributed by atoms with Crippen LogP contribution in [0.25, 0.3) is 0 Å². The van der Waals surface area contributed by atoms with Crippen LogP contribution in [-0.2, 0) is 54.2 Å². The number of carbonyl (C=O) groups is 10. The number of nitrogens with one attached hydrogen (secondary N) is 9. The third-order valence-corrected chi connectivity index (χ3v) is 9.99. The fourth-order valence-electron chi connectivity index (χ4n) is 6.63. The first-order valence-corrected chi connectivity index (χ1v) is 24.9. The second kappa shape index (κ2) is 31.8. The Kier molecular flexibility index (Phi) is 28.1. The standard InChI is InChI=1S/C50H84N10O13/c1-13-35(41(64)52-24-17-20-39(62)57-36(21-25-53-45(68)71-48(4,5)6)42(65)56-33(30-61)29-32-18-15-14-16-19-32)58-43(66)38(23-27-55-47(70)73-50(10,11)12)60-44(67)37(59-40(63)34(51)28-31(2)3)22-26-54-46(69)72-49(7,8)9/h14-16,18-19,30-31,33-38H,13,17,20-29,51H2,1-12H3,(H,52,64)(H,53,68)(H,54,69)(H,55,70)(H,56,65)(H,57,62)(H,58,66)(H,59,63)(H,60,67)/t33-,34+,35+,36+,37+,38+/m1/s1. The number of nitrogens with two attached hydrogens (primary N) is 1. The maximum Gasteiger partial charge on any atom is 0.407 e. The van der Waals surface area contributed by atoms with Gasteiger partial charge in [-0.05, 0) is 119 Å². The monoisotopic (exact) mass is 1030 g/mol. The van der Waals surface area contributed by atoms with Crippen molar-refractivity contribution in [1.82, 2.24) is 47.9 Å². The van der Waals surface area contributed by atoms with E-state index < -0.39 is 107 Å². The number of rotatable bonds is 29. The van der Waals surface area contributed by atoms with Gasteiger partial charge in [0, 0.05) is 32.6 Å². The summed E-state index contributed by atoms with van der Waals surface area (Å²) in [7, 11) is 0. The largest absolute Gasteiger partial charge is 0.444 e. The average Bonchev–Trinajstić information content (AvgIpc) is 3.26. The van der Waals surface area contributed by atoms with E-state index in [0.29, 0.717) is 12.7 Å². The van der Waals surface area contributed by atoms with Gasteiger partial charge in [0.05, 0.1) is 12.1 Å². The van der Waals surface area contributed by atoms with Gasteiger partial charge in [0.2, 0.25) is 35.4 Å². The zero-order chi connectivity index (χ0) is 55.5. The number of benzene rings is 1. The van der Waals surface area contributed by atoms with E-state index in [9.17, 15) is 47.9 Å². The molecule has 6 atom stereocenters. The molecule has 1 aromatic carbocycles. The lowest BCUT2D eigenvalue weighted by molar-refractivity contribution is -0.134. The SMILES string of the molecule is CC[C@H](NC(=O)[C@H](CCNC(=O)OC(C)(C)C)NC(=O)[C@H](CCNC(=O)OC(C)(C)C)NC(=O)[C@@H](N)CC(C)C)C(=O)NCCCC(=O)N[C@@H](CCNC(=O)OC(C)(C)C)C(=O)N[C@@H](C=O)Cc1ccccc1. The van der Waals surface area contributed by atoms with Crippen LogP contribution in [0, 0.1) is 5.92 Å². The zero-order valence-corrected chi connectivity index (χ0v) is 44.9. The van der Waals surface area contributed by atoms with Crippen LogP contribution in [0.1, 0.15) is 134 Å². The summed E-state index contributed by atoms with van der Waals surface area (Å²) in [5.41, 5.74) is 4.51. The number of hydrogen-bond acceptors (Lipinski definition) is 14. The number of aldehydes is 1. The Morgan fingerprint density at radius 2 is 0.959 bits per heavy atom. The molecule has 0 radical (unpaired) electrons. The minimum absolute atomic E-state index is 0.0302. The lowest BCUT2D eigenvalue weighted by Gasteiger charge is -2.26. The second-order valence-corrected chi connectivity index (χ2v) is 20.9. The van der Waals surface area contributed by atoms with Crippen molar-refractivity contribution in [2.24, 2.45) is 11.7 Å². The molecule has 0 fully saturated rings. The van der Waals surface area contributed by atoms with Crippen molar-refractivity contribution >= 4 is 60.0 Å². The minimum atomic E-state index is -1.37. The third kappa shape index (κ3) is 30.2. The van der Waals surface area contributed by atoms with Crippen molar-refractivity contribution in [1.29, 1.82) is 0 Å². The summed E-state index contributed by atoms with van der Waals surface area (Å²) in [5.74, 6) is -4.05. The molecule has 0 unspecified atom stereocenters. The van der Waals surface area contributed by atoms with E-state index in [4.69, 9.17) is 19.9 Å². The van der Waals surface area contributed by atoms with E-state index >= 15 is 0 Å². The van der Waals surface area contributed by atoms with Crippen molar-refractivity contribution in [3.8, 4) is 0 Å².